The molecule has 1 fully saturated rings. The second kappa shape index (κ2) is 47.9. The summed E-state index contributed by atoms with van der Waals surface area (Å²) in [7, 11) is 0. The average molecular weight is 993 g/mol. The molecule has 1 saturated heterocycles. The molecule has 0 aromatic heterocycles. The highest BCUT2D eigenvalue weighted by Crippen LogP contribution is 2.26. The lowest BCUT2D eigenvalue weighted by Crippen LogP contribution is -2.61. The number of aliphatic hydroxyl groups excluding tert-OH is 5. The van der Waals surface area contributed by atoms with Gasteiger partial charge in [0.25, 0.3) is 0 Å². The van der Waals surface area contributed by atoms with E-state index >= 15 is 0 Å². The second-order valence-corrected chi connectivity index (χ2v) is 20.4. The van der Waals surface area contributed by atoms with Crippen LogP contribution in [0.3, 0.4) is 0 Å². The molecule has 0 radical (unpaired) electrons. The molecule has 410 valence electrons. The van der Waals surface area contributed by atoms with E-state index in [1.807, 2.05) is 6.08 Å². The number of carbonyl (C=O) groups is 2. The van der Waals surface area contributed by atoms with Gasteiger partial charge in [-0.15, -0.1) is 0 Å². The first-order chi connectivity index (χ1) is 34.2. The van der Waals surface area contributed by atoms with E-state index in [4.69, 9.17) is 14.2 Å². The lowest BCUT2D eigenvalue weighted by molar-refractivity contribution is -0.305. The molecule has 1 heterocycles. The number of hydrogen-bond acceptors (Lipinski definition) is 10. The fourth-order valence-corrected chi connectivity index (χ4v) is 9.05. The Labute approximate surface area is 428 Å². The minimum absolute atomic E-state index is 0.104. The summed E-state index contributed by atoms with van der Waals surface area (Å²) in [5, 5.41) is 56.8. The number of hydrogen-bond donors (Lipinski definition) is 6. The predicted octanol–water partition coefficient (Wildman–Crippen LogP) is 13.1. The van der Waals surface area contributed by atoms with Gasteiger partial charge in [-0.1, -0.05) is 218 Å². The van der Waals surface area contributed by atoms with Crippen molar-refractivity contribution in [2.24, 2.45) is 0 Å². The van der Waals surface area contributed by atoms with Crippen LogP contribution in [0.2, 0.25) is 0 Å². The molecule has 1 aliphatic rings. The number of aliphatic hydroxyl groups is 5. The van der Waals surface area contributed by atoms with E-state index in [2.05, 4.69) is 50.4 Å². The first-order valence-electron chi connectivity index (χ1n) is 29.3. The van der Waals surface area contributed by atoms with Crippen LogP contribution in [0, 0.1) is 0 Å². The zero-order valence-corrected chi connectivity index (χ0v) is 45.1. The molecule has 0 saturated carbocycles. The zero-order chi connectivity index (χ0) is 51.1. The molecule has 1 rings (SSSR count). The quantitative estimate of drug-likeness (QED) is 0.0195. The monoisotopic (exact) mass is 992 g/mol. The van der Waals surface area contributed by atoms with Gasteiger partial charge < -0.3 is 45.1 Å². The maximum Gasteiger partial charge on any atom is 0.306 e. The van der Waals surface area contributed by atoms with Crippen molar-refractivity contribution >= 4 is 11.9 Å². The van der Waals surface area contributed by atoms with Crippen LogP contribution >= 0.6 is 0 Å². The Kier molecular flexibility index (Phi) is 45.1. The molecule has 11 heteroatoms. The van der Waals surface area contributed by atoms with Gasteiger partial charge in [0.1, 0.15) is 24.4 Å². The molecule has 1 amide bonds. The van der Waals surface area contributed by atoms with Crippen molar-refractivity contribution in [3.8, 4) is 0 Å². The van der Waals surface area contributed by atoms with Crippen LogP contribution in [0.15, 0.2) is 36.5 Å². The lowest BCUT2D eigenvalue weighted by atomic mass is 9.99. The number of unbranched alkanes of at least 4 members (excludes halogenated alkanes) is 31. The van der Waals surface area contributed by atoms with Crippen LogP contribution in [0.5, 0.6) is 0 Å². The number of esters is 1. The minimum Gasteiger partial charge on any atom is -0.454 e. The van der Waals surface area contributed by atoms with Crippen LogP contribution in [-0.2, 0) is 23.8 Å². The third kappa shape index (κ3) is 35.9. The Morgan fingerprint density at radius 1 is 0.543 bits per heavy atom. The van der Waals surface area contributed by atoms with E-state index < -0.39 is 67.4 Å². The predicted molar refractivity (Wildman–Crippen MR) is 287 cm³/mol. The third-order valence-corrected chi connectivity index (χ3v) is 13.8. The standard InChI is InChI=1S/C59H109NO10/c1-4-7-10-13-16-19-22-24-26-27-28-31-34-37-40-43-46-52(63)58(67)60-50(51(62)45-42-39-36-33-30-21-18-15-12-9-6-3)49-68-59-57(56(66)55(65)53(48-61)69-59)70-54(64)47-44-41-38-35-32-29-25-23-20-17-14-11-8-5-2/h24,26,29,32,42,45,50-53,55-57,59,61-63,65-66H,4-23,25,27-28,30-31,33-41,43-44,46-49H2,1-3H3,(H,60,67)/b26-24+,32-29-,45-42+. The van der Waals surface area contributed by atoms with Crippen molar-refractivity contribution in [2.75, 3.05) is 13.2 Å². The first-order valence-corrected chi connectivity index (χ1v) is 29.3. The molecule has 70 heavy (non-hydrogen) atoms. The molecule has 0 bridgehead atoms. The van der Waals surface area contributed by atoms with Gasteiger partial charge in [-0.2, -0.15) is 0 Å². The number of nitrogens with one attached hydrogen (secondary N) is 1. The summed E-state index contributed by atoms with van der Waals surface area (Å²) in [6.45, 7) is 5.76. The maximum absolute atomic E-state index is 13.4. The van der Waals surface area contributed by atoms with Gasteiger partial charge in [0, 0.05) is 6.42 Å². The minimum atomic E-state index is -1.62. The fourth-order valence-electron chi connectivity index (χ4n) is 9.05. The van der Waals surface area contributed by atoms with Crippen molar-refractivity contribution in [2.45, 2.75) is 314 Å². The van der Waals surface area contributed by atoms with E-state index in [9.17, 15) is 35.1 Å². The van der Waals surface area contributed by atoms with Gasteiger partial charge in [0.05, 0.1) is 25.4 Å². The average Bonchev–Trinajstić information content (AvgIpc) is 3.36. The van der Waals surface area contributed by atoms with Gasteiger partial charge in [0.2, 0.25) is 5.91 Å². The third-order valence-electron chi connectivity index (χ3n) is 13.8. The van der Waals surface area contributed by atoms with Gasteiger partial charge in [-0.25, -0.2) is 0 Å². The summed E-state index contributed by atoms with van der Waals surface area (Å²) in [4.78, 5) is 26.4. The zero-order valence-electron chi connectivity index (χ0n) is 45.1. The first kappa shape index (κ1) is 65.9. The summed E-state index contributed by atoms with van der Waals surface area (Å²) in [6.07, 6.45) is 44.7. The number of carbonyl (C=O) groups excluding carboxylic acids is 2. The van der Waals surface area contributed by atoms with Gasteiger partial charge in [0.15, 0.2) is 12.4 Å². The van der Waals surface area contributed by atoms with E-state index in [1.54, 1.807) is 6.08 Å². The van der Waals surface area contributed by atoms with Gasteiger partial charge >= 0.3 is 5.97 Å². The van der Waals surface area contributed by atoms with E-state index in [1.165, 1.54) is 141 Å². The van der Waals surface area contributed by atoms with Crippen LogP contribution in [-0.4, -0.2) is 99.6 Å². The van der Waals surface area contributed by atoms with Crippen molar-refractivity contribution in [3.05, 3.63) is 36.5 Å². The number of amides is 1. The Hall–Kier alpha value is -2.12. The van der Waals surface area contributed by atoms with Crippen LogP contribution in [0.1, 0.15) is 265 Å². The van der Waals surface area contributed by atoms with E-state index in [-0.39, 0.29) is 19.4 Å². The molecule has 0 aromatic rings. The van der Waals surface area contributed by atoms with Crippen molar-refractivity contribution in [3.63, 3.8) is 0 Å². The van der Waals surface area contributed by atoms with Crippen molar-refractivity contribution in [1.82, 2.24) is 5.32 Å². The highest BCUT2D eigenvalue weighted by atomic mass is 16.7. The van der Waals surface area contributed by atoms with Crippen LogP contribution in [0.25, 0.3) is 0 Å². The molecule has 8 unspecified atom stereocenters. The molecule has 0 aromatic carbocycles. The molecular formula is C59H109NO10. The normalized spacial score (nSPS) is 19.9. The summed E-state index contributed by atoms with van der Waals surface area (Å²) < 4.78 is 17.5. The van der Waals surface area contributed by atoms with Crippen molar-refractivity contribution in [1.29, 1.82) is 0 Å². The Bertz CT molecular complexity index is 1280. The number of ether oxygens (including phenoxy) is 3. The largest absolute Gasteiger partial charge is 0.454 e. The lowest BCUT2D eigenvalue weighted by Gasteiger charge is -2.41. The molecule has 0 aliphatic carbocycles. The number of allylic oxidation sites excluding steroid dienone is 5. The topological polar surface area (TPSA) is 175 Å². The highest BCUT2D eigenvalue weighted by Gasteiger charge is 2.47. The number of rotatable bonds is 49. The smallest absolute Gasteiger partial charge is 0.306 e. The maximum atomic E-state index is 13.4. The fraction of sp³-hybridized carbons (Fsp3) is 0.864. The Balaban J connectivity index is 2.72. The summed E-state index contributed by atoms with van der Waals surface area (Å²) in [6, 6.07) is -1.03. The highest BCUT2D eigenvalue weighted by molar-refractivity contribution is 5.80. The molecule has 1 aliphatic heterocycles. The molecule has 11 nitrogen and oxygen atoms in total. The van der Waals surface area contributed by atoms with Crippen LogP contribution in [0.4, 0.5) is 0 Å². The second-order valence-electron chi connectivity index (χ2n) is 20.4. The van der Waals surface area contributed by atoms with Crippen molar-refractivity contribution < 1.29 is 49.3 Å². The summed E-state index contributed by atoms with van der Waals surface area (Å²) >= 11 is 0. The summed E-state index contributed by atoms with van der Waals surface area (Å²) in [5.41, 5.74) is 0. The molecule has 8 atom stereocenters. The molecule has 6 N–H and O–H groups in total. The SMILES string of the molecule is CCCCCCCC/C=C/CCCCCCCCC(O)C(=O)NC(COC1OC(CO)C(O)C(O)C1OC(=O)CCCCC/C=C\CCCCCCCCC)C(O)/C=C/CCCCCCCCCCC. The summed E-state index contributed by atoms with van der Waals surface area (Å²) in [5.74, 6) is -1.21. The van der Waals surface area contributed by atoms with E-state index in [0.29, 0.717) is 12.8 Å². The van der Waals surface area contributed by atoms with Gasteiger partial charge in [-0.05, 0) is 77.0 Å². The Morgan fingerprint density at radius 3 is 1.39 bits per heavy atom. The van der Waals surface area contributed by atoms with E-state index in [0.717, 1.165) is 77.0 Å². The molecule has 0 spiro atoms. The Morgan fingerprint density at radius 2 is 0.943 bits per heavy atom. The van der Waals surface area contributed by atoms with Crippen LogP contribution < -0.4 is 5.32 Å². The molecular weight excluding hydrogens is 883 g/mol. The van der Waals surface area contributed by atoms with Gasteiger partial charge in [-0.3, -0.25) is 9.59 Å².